The third-order valence-electron chi connectivity index (χ3n) is 2.12. The summed E-state index contributed by atoms with van der Waals surface area (Å²) in [5.74, 6) is 0. The lowest BCUT2D eigenvalue weighted by Gasteiger charge is -1.99. The smallest absolute Gasteiger partial charge is 0.0929 e. The second-order valence-corrected chi connectivity index (χ2v) is 3.17. The molecule has 0 aliphatic rings. The second-order valence-electron chi connectivity index (χ2n) is 3.17. The summed E-state index contributed by atoms with van der Waals surface area (Å²) in [6.07, 6.45) is 4.06. The Bertz CT molecular complexity index is 410. The van der Waals surface area contributed by atoms with Gasteiger partial charge in [0.2, 0.25) is 0 Å². The lowest BCUT2D eigenvalue weighted by molar-refractivity contribution is 0.923. The van der Waals surface area contributed by atoms with E-state index >= 15 is 0 Å². The van der Waals surface area contributed by atoms with Crippen molar-refractivity contribution in [3.63, 3.8) is 0 Å². The molecule has 0 saturated heterocycles. The first-order valence-corrected chi connectivity index (χ1v) is 4.60. The molecule has 0 radical (unpaired) electrons. The van der Waals surface area contributed by atoms with Crippen molar-refractivity contribution in [3.8, 4) is 0 Å². The molecule has 0 aliphatic carbocycles. The Morgan fingerprint density at radius 1 is 1.23 bits per heavy atom. The fourth-order valence-corrected chi connectivity index (χ4v) is 1.48. The van der Waals surface area contributed by atoms with E-state index in [0.717, 1.165) is 11.9 Å². The highest BCUT2D eigenvalue weighted by molar-refractivity contribution is 5.78. The van der Waals surface area contributed by atoms with Crippen LogP contribution in [0.3, 0.4) is 0 Å². The van der Waals surface area contributed by atoms with Gasteiger partial charge in [0.05, 0.1) is 11.7 Å². The van der Waals surface area contributed by atoms with Gasteiger partial charge in [0, 0.05) is 5.39 Å². The first kappa shape index (κ1) is 8.17. The van der Waals surface area contributed by atoms with E-state index in [1.54, 1.807) is 6.20 Å². The van der Waals surface area contributed by atoms with E-state index in [1.807, 2.05) is 12.1 Å². The quantitative estimate of drug-likeness (QED) is 0.695. The van der Waals surface area contributed by atoms with Crippen LogP contribution in [-0.2, 0) is 6.42 Å². The molecule has 66 valence electrons. The molecular formula is C11H12N2. The Morgan fingerprint density at radius 3 is 3.00 bits per heavy atom. The zero-order valence-electron chi connectivity index (χ0n) is 7.70. The predicted molar refractivity (Wildman–Crippen MR) is 53.5 cm³/mol. The van der Waals surface area contributed by atoms with Gasteiger partial charge in [-0.3, -0.25) is 0 Å². The summed E-state index contributed by atoms with van der Waals surface area (Å²) in [6, 6.07) is 8.35. The Kier molecular flexibility index (Phi) is 2.21. The summed E-state index contributed by atoms with van der Waals surface area (Å²) >= 11 is 0. The molecule has 0 fully saturated rings. The molecule has 0 atom stereocenters. The van der Waals surface area contributed by atoms with Crippen molar-refractivity contribution in [2.75, 3.05) is 0 Å². The number of rotatable bonds is 2. The first-order chi connectivity index (χ1) is 6.40. The topological polar surface area (TPSA) is 25.8 Å². The fourth-order valence-electron chi connectivity index (χ4n) is 1.48. The highest BCUT2D eigenvalue weighted by Crippen LogP contribution is 2.13. The number of hydrogen-bond donors (Lipinski definition) is 0. The summed E-state index contributed by atoms with van der Waals surface area (Å²) < 4.78 is 0. The van der Waals surface area contributed by atoms with Crippen LogP contribution in [0.1, 0.15) is 18.9 Å². The van der Waals surface area contributed by atoms with Gasteiger partial charge in [-0.25, -0.2) is 0 Å². The van der Waals surface area contributed by atoms with Crippen LogP contribution >= 0.6 is 0 Å². The molecule has 2 aromatic rings. The average molecular weight is 172 g/mol. The number of hydrogen-bond acceptors (Lipinski definition) is 2. The van der Waals surface area contributed by atoms with E-state index in [0.29, 0.717) is 0 Å². The van der Waals surface area contributed by atoms with E-state index in [4.69, 9.17) is 0 Å². The molecule has 0 unspecified atom stereocenters. The minimum absolute atomic E-state index is 0.974. The lowest BCUT2D eigenvalue weighted by Crippen LogP contribution is -1.86. The molecule has 0 bridgehead atoms. The maximum absolute atomic E-state index is 4.03. The van der Waals surface area contributed by atoms with E-state index in [-0.39, 0.29) is 0 Å². The van der Waals surface area contributed by atoms with Crippen molar-refractivity contribution in [1.29, 1.82) is 0 Å². The Balaban J connectivity index is 2.49. The highest BCUT2D eigenvalue weighted by Gasteiger charge is 1.95. The maximum atomic E-state index is 4.03. The number of aryl methyl sites for hydroxylation is 1. The van der Waals surface area contributed by atoms with E-state index in [9.17, 15) is 0 Å². The van der Waals surface area contributed by atoms with Crippen LogP contribution in [0.15, 0.2) is 30.5 Å². The number of fused-ring (bicyclic) bond motifs is 1. The SMILES string of the molecule is CCCc1ccc2nnccc2c1. The van der Waals surface area contributed by atoms with E-state index in [1.165, 1.54) is 17.4 Å². The summed E-state index contributed by atoms with van der Waals surface area (Å²) in [5, 5.41) is 9.05. The van der Waals surface area contributed by atoms with Crippen molar-refractivity contribution in [3.05, 3.63) is 36.0 Å². The summed E-state index contributed by atoms with van der Waals surface area (Å²) in [4.78, 5) is 0. The van der Waals surface area contributed by atoms with Crippen LogP contribution in [0.25, 0.3) is 10.9 Å². The molecule has 0 saturated carbocycles. The van der Waals surface area contributed by atoms with Gasteiger partial charge in [-0.1, -0.05) is 19.4 Å². The number of aromatic nitrogens is 2. The van der Waals surface area contributed by atoms with E-state index in [2.05, 4.69) is 29.3 Å². The number of benzene rings is 1. The summed E-state index contributed by atoms with van der Waals surface area (Å²) in [6.45, 7) is 2.19. The zero-order valence-corrected chi connectivity index (χ0v) is 7.70. The second kappa shape index (κ2) is 3.52. The zero-order chi connectivity index (χ0) is 9.10. The van der Waals surface area contributed by atoms with Gasteiger partial charge in [-0.05, 0) is 30.2 Å². The molecule has 1 aromatic heterocycles. The third kappa shape index (κ3) is 1.66. The molecule has 0 spiro atoms. The van der Waals surface area contributed by atoms with Gasteiger partial charge in [-0.15, -0.1) is 0 Å². The Hall–Kier alpha value is -1.44. The fraction of sp³-hybridized carbons (Fsp3) is 0.273. The molecule has 2 rings (SSSR count). The van der Waals surface area contributed by atoms with Crippen LogP contribution in [-0.4, -0.2) is 10.2 Å². The normalized spacial score (nSPS) is 10.5. The molecule has 13 heavy (non-hydrogen) atoms. The summed E-state index contributed by atoms with van der Waals surface area (Å²) in [5.41, 5.74) is 2.35. The van der Waals surface area contributed by atoms with Crippen molar-refractivity contribution in [1.82, 2.24) is 10.2 Å². The van der Waals surface area contributed by atoms with Crippen LogP contribution < -0.4 is 0 Å². The van der Waals surface area contributed by atoms with Crippen LogP contribution in [0, 0.1) is 0 Å². The third-order valence-corrected chi connectivity index (χ3v) is 2.12. The largest absolute Gasteiger partial charge is 0.159 e. The van der Waals surface area contributed by atoms with Gasteiger partial charge in [0.1, 0.15) is 0 Å². The van der Waals surface area contributed by atoms with Crippen LogP contribution in [0.4, 0.5) is 0 Å². The van der Waals surface area contributed by atoms with Gasteiger partial charge < -0.3 is 0 Å². The first-order valence-electron chi connectivity index (χ1n) is 4.60. The van der Waals surface area contributed by atoms with Crippen LogP contribution in [0.5, 0.6) is 0 Å². The van der Waals surface area contributed by atoms with Crippen LogP contribution in [0.2, 0.25) is 0 Å². The van der Waals surface area contributed by atoms with Gasteiger partial charge in [-0.2, -0.15) is 10.2 Å². The van der Waals surface area contributed by atoms with E-state index < -0.39 is 0 Å². The molecule has 1 heterocycles. The van der Waals surface area contributed by atoms with Gasteiger partial charge in [0.25, 0.3) is 0 Å². The van der Waals surface area contributed by atoms with Crippen molar-refractivity contribution >= 4 is 10.9 Å². The van der Waals surface area contributed by atoms with Gasteiger partial charge in [0.15, 0.2) is 0 Å². The molecule has 0 N–H and O–H groups in total. The molecule has 0 amide bonds. The predicted octanol–water partition coefficient (Wildman–Crippen LogP) is 2.58. The minimum Gasteiger partial charge on any atom is -0.159 e. The summed E-state index contributed by atoms with van der Waals surface area (Å²) in [7, 11) is 0. The average Bonchev–Trinajstić information content (AvgIpc) is 2.18. The molecule has 0 aliphatic heterocycles. The van der Waals surface area contributed by atoms with Gasteiger partial charge >= 0.3 is 0 Å². The lowest BCUT2D eigenvalue weighted by atomic mass is 10.1. The monoisotopic (exact) mass is 172 g/mol. The molecule has 2 nitrogen and oxygen atoms in total. The standard InChI is InChI=1S/C11H12N2/c1-2-3-9-4-5-11-10(8-9)6-7-12-13-11/h4-8H,2-3H2,1H3. The van der Waals surface area contributed by atoms with Crippen molar-refractivity contribution in [2.45, 2.75) is 19.8 Å². The van der Waals surface area contributed by atoms with Crippen molar-refractivity contribution < 1.29 is 0 Å². The van der Waals surface area contributed by atoms with Crippen molar-refractivity contribution in [2.24, 2.45) is 0 Å². The minimum atomic E-state index is 0.974. The number of nitrogens with zero attached hydrogens (tertiary/aromatic N) is 2. The molecule has 2 heteroatoms. The Morgan fingerprint density at radius 2 is 2.15 bits per heavy atom. The maximum Gasteiger partial charge on any atom is 0.0929 e. The Labute approximate surface area is 77.6 Å². The highest BCUT2D eigenvalue weighted by atomic mass is 15.1. The molecular weight excluding hydrogens is 160 g/mol. The molecule has 1 aromatic carbocycles.